The quantitative estimate of drug-likeness (QED) is 0.847. The van der Waals surface area contributed by atoms with Crippen molar-refractivity contribution in [1.82, 2.24) is 14.5 Å². The van der Waals surface area contributed by atoms with Crippen LogP contribution in [-0.2, 0) is 23.1 Å². The maximum atomic E-state index is 6.09. The van der Waals surface area contributed by atoms with Crippen LogP contribution in [0.5, 0.6) is 0 Å². The molecule has 0 spiro atoms. The molecule has 1 aliphatic heterocycles. The minimum atomic E-state index is 0.386. The van der Waals surface area contributed by atoms with Gasteiger partial charge in [-0.3, -0.25) is 4.90 Å². The fraction of sp³-hybridized carbons (Fsp3) is 0.562. The molecule has 1 atom stereocenters. The van der Waals surface area contributed by atoms with Crippen LogP contribution >= 0.6 is 11.6 Å². The van der Waals surface area contributed by atoms with Gasteiger partial charge < -0.3 is 14.0 Å². The normalized spacial score (nSPS) is 19.9. The van der Waals surface area contributed by atoms with Crippen molar-refractivity contribution >= 4 is 22.6 Å². The summed E-state index contributed by atoms with van der Waals surface area (Å²) in [7, 11) is 3.79. The van der Waals surface area contributed by atoms with Crippen molar-refractivity contribution in [1.29, 1.82) is 0 Å². The second-order valence-electron chi connectivity index (χ2n) is 5.70. The first-order valence-corrected chi connectivity index (χ1v) is 7.98. The van der Waals surface area contributed by atoms with Crippen LogP contribution < -0.4 is 0 Å². The fourth-order valence-corrected chi connectivity index (χ4v) is 3.12. The molecule has 2 aromatic rings. The van der Waals surface area contributed by atoms with E-state index in [-0.39, 0.29) is 0 Å². The summed E-state index contributed by atoms with van der Waals surface area (Å²) >= 11 is 6.09. The van der Waals surface area contributed by atoms with Crippen molar-refractivity contribution in [2.75, 3.05) is 33.5 Å². The molecule has 6 heteroatoms. The number of rotatable bonds is 5. The van der Waals surface area contributed by atoms with Gasteiger partial charge in [0.15, 0.2) is 0 Å². The van der Waals surface area contributed by atoms with Crippen LogP contribution in [0.1, 0.15) is 12.2 Å². The second-order valence-corrected chi connectivity index (χ2v) is 6.14. The highest BCUT2D eigenvalue weighted by Gasteiger charge is 2.24. The molecular formula is C16H22ClN3O2. The Balaban J connectivity index is 1.80. The highest BCUT2D eigenvalue weighted by atomic mass is 35.5. The number of aromatic nitrogens is 2. The Labute approximate surface area is 135 Å². The SMILES string of the molecule is COCCC1COCCN1Cc1nc2ccc(Cl)cc2n1C. The molecule has 0 aliphatic carbocycles. The molecule has 1 unspecified atom stereocenters. The molecule has 1 aromatic carbocycles. The lowest BCUT2D eigenvalue weighted by atomic mass is 10.1. The molecule has 2 heterocycles. The van der Waals surface area contributed by atoms with Gasteiger partial charge >= 0.3 is 0 Å². The van der Waals surface area contributed by atoms with E-state index in [0.29, 0.717) is 6.04 Å². The zero-order chi connectivity index (χ0) is 15.5. The maximum Gasteiger partial charge on any atom is 0.123 e. The Hall–Kier alpha value is -1.14. The Morgan fingerprint density at radius 1 is 1.45 bits per heavy atom. The van der Waals surface area contributed by atoms with Gasteiger partial charge in [-0.25, -0.2) is 4.98 Å². The molecule has 0 bridgehead atoms. The molecule has 0 N–H and O–H groups in total. The van der Waals surface area contributed by atoms with Gasteiger partial charge in [0, 0.05) is 38.4 Å². The zero-order valence-corrected chi connectivity index (χ0v) is 13.8. The van der Waals surface area contributed by atoms with E-state index in [1.165, 1.54) is 0 Å². The Bertz CT molecular complexity index is 644. The number of methoxy groups -OCH3 is 1. The van der Waals surface area contributed by atoms with Crippen LogP contribution in [0.4, 0.5) is 0 Å². The Morgan fingerprint density at radius 3 is 3.14 bits per heavy atom. The molecule has 5 nitrogen and oxygen atoms in total. The van der Waals surface area contributed by atoms with Crippen molar-refractivity contribution in [3.63, 3.8) is 0 Å². The Morgan fingerprint density at radius 2 is 2.32 bits per heavy atom. The number of hydrogen-bond acceptors (Lipinski definition) is 4. The van der Waals surface area contributed by atoms with Gasteiger partial charge in [0.05, 0.1) is 30.8 Å². The van der Waals surface area contributed by atoms with Crippen LogP contribution in [0.25, 0.3) is 11.0 Å². The summed E-state index contributed by atoms with van der Waals surface area (Å²) in [4.78, 5) is 7.19. The average Bonchev–Trinajstić information content (AvgIpc) is 2.83. The minimum Gasteiger partial charge on any atom is -0.385 e. The molecule has 1 fully saturated rings. The largest absolute Gasteiger partial charge is 0.385 e. The third-order valence-electron chi connectivity index (χ3n) is 4.28. The van der Waals surface area contributed by atoms with Gasteiger partial charge in [-0.2, -0.15) is 0 Å². The molecule has 1 saturated heterocycles. The number of hydrogen-bond donors (Lipinski definition) is 0. The number of nitrogens with zero attached hydrogens (tertiary/aromatic N) is 3. The smallest absolute Gasteiger partial charge is 0.123 e. The van der Waals surface area contributed by atoms with Gasteiger partial charge in [0.1, 0.15) is 5.82 Å². The number of aryl methyl sites for hydroxylation is 1. The molecule has 0 saturated carbocycles. The average molecular weight is 324 g/mol. The molecule has 3 rings (SSSR count). The standard InChI is InChI=1S/C16H22ClN3O2/c1-19-15-9-12(17)3-4-14(15)18-16(19)10-20-6-8-22-11-13(20)5-7-21-2/h3-4,9,13H,5-8,10-11H2,1-2H3. The van der Waals surface area contributed by atoms with Crippen molar-refractivity contribution < 1.29 is 9.47 Å². The van der Waals surface area contributed by atoms with Crippen molar-refractivity contribution in [3.05, 3.63) is 29.0 Å². The molecular weight excluding hydrogens is 302 g/mol. The summed E-state index contributed by atoms with van der Waals surface area (Å²) in [6.07, 6.45) is 0.978. The summed E-state index contributed by atoms with van der Waals surface area (Å²) in [6, 6.07) is 6.21. The van der Waals surface area contributed by atoms with Crippen LogP contribution in [0.2, 0.25) is 5.02 Å². The van der Waals surface area contributed by atoms with Gasteiger partial charge in [-0.1, -0.05) is 11.6 Å². The molecule has 22 heavy (non-hydrogen) atoms. The van der Waals surface area contributed by atoms with Gasteiger partial charge in [-0.05, 0) is 24.6 Å². The van der Waals surface area contributed by atoms with Gasteiger partial charge in [0.25, 0.3) is 0 Å². The number of ether oxygens (including phenoxy) is 2. The number of halogens is 1. The number of morpholine rings is 1. The van der Waals surface area contributed by atoms with E-state index in [1.807, 2.05) is 25.2 Å². The lowest BCUT2D eigenvalue weighted by molar-refractivity contribution is -0.0231. The Kier molecular flexibility index (Phi) is 4.98. The summed E-state index contributed by atoms with van der Waals surface area (Å²) in [6.45, 7) is 4.04. The van der Waals surface area contributed by atoms with E-state index in [2.05, 4.69) is 9.47 Å². The monoisotopic (exact) mass is 323 g/mol. The first kappa shape index (κ1) is 15.7. The molecule has 1 aromatic heterocycles. The maximum absolute atomic E-state index is 6.09. The lowest BCUT2D eigenvalue weighted by Gasteiger charge is -2.35. The number of imidazole rings is 1. The summed E-state index contributed by atoms with van der Waals surface area (Å²) in [5.41, 5.74) is 2.06. The fourth-order valence-electron chi connectivity index (χ4n) is 2.95. The van der Waals surface area contributed by atoms with Crippen LogP contribution in [0.3, 0.4) is 0 Å². The summed E-state index contributed by atoms with van der Waals surface area (Å²) in [5, 5.41) is 0.742. The molecule has 1 aliphatic rings. The van der Waals surface area contributed by atoms with Crippen molar-refractivity contribution in [2.45, 2.75) is 19.0 Å². The topological polar surface area (TPSA) is 39.5 Å². The van der Waals surface area contributed by atoms with Crippen LogP contribution in [0, 0.1) is 0 Å². The summed E-state index contributed by atoms with van der Waals surface area (Å²) < 4.78 is 12.9. The van der Waals surface area contributed by atoms with Crippen LogP contribution in [0.15, 0.2) is 18.2 Å². The van der Waals surface area contributed by atoms with Crippen LogP contribution in [-0.4, -0.2) is 54.0 Å². The van der Waals surface area contributed by atoms with Crippen molar-refractivity contribution in [3.8, 4) is 0 Å². The van der Waals surface area contributed by atoms with E-state index < -0.39 is 0 Å². The summed E-state index contributed by atoms with van der Waals surface area (Å²) in [5.74, 6) is 1.06. The predicted octanol–water partition coefficient (Wildman–Crippen LogP) is 2.46. The van der Waals surface area contributed by atoms with Crippen molar-refractivity contribution in [2.24, 2.45) is 7.05 Å². The number of fused-ring (bicyclic) bond motifs is 1. The van der Waals surface area contributed by atoms with E-state index in [9.17, 15) is 0 Å². The predicted molar refractivity (Wildman–Crippen MR) is 87.2 cm³/mol. The van der Waals surface area contributed by atoms with E-state index >= 15 is 0 Å². The minimum absolute atomic E-state index is 0.386. The highest BCUT2D eigenvalue weighted by Crippen LogP contribution is 2.22. The lowest BCUT2D eigenvalue weighted by Crippen LogP contribution is -2.45. The van der Waals surface area contributed by atoms with E-state index in [4.69, 9.17) is 26.1 Å². The first-order chi connectivity index (χ1) is 10.7. The highest BCUT2D eigenvalue weighted by molar-refractivity contribution is 6.31. The zero-order valence-electron chi connectivity index (χ0n) is 13.1. The number of benzene rings is 1. The first-order valence-electron chi connectivity index (χ1n) is 7.60. The third-order valence-corrected chi connectivity index (χ3v) is 4.52. The third kappa shape index (κ3) is 3.27. The van der Waals surface area contributed by atoms with Gasteiger partial charge in [0.2, 0.25) is 0 Å². The van der Waals surface area contributed by atoms with E-state index in [1.54, 1.807) is 7.11 Å². The van der Waals surface area contributed by atoms with E-state index in [0.717, 1.165) is 61.2 Å². The van der Waals surface area contributed by atoms with Gasteiger partial charge in [-0.15, -0.1) is 0 Å². The molecule has 0 radical (unpaired) electrons. The molecule has 0 amide bonds. The molecule has 120 valence electrons. The second kappa shape index (κ2) is 6.96.